The quantitative estimate of drug-likeness (QED) is 0.772. The Labute approximate surface area is 109 Å². The second-order valence-electron chi connectivity index (χ2n) is 5.80. The van der Waals surface area contributed by atoms with Gasteiger partial charge in [0.2, 0.25) is 0 Å². The molecule has 0 N–H and O–H groups in total. The molecule has 1 rings (SSSR count). The summed E-state index contributed by atoms with van der Waals surface area (Å²) in [6.07, 6.45) is -0.316. The van der Waals surface area contributed by atoms with Gasteiger partial charge in [-0.15, -0.1) is 0 Å². The van der Waals surface area contributed by atoms with E-state index in [0.717, 1.165) is 4.31 Å². The summed E-state index contributed by atoms with van der Waals surface area (Å²) in [7, 11) is -3.99. The van der Waals surface area contributed by atoms with E-state index in [0.29, 0.717) is 6.42 Å². The fraction of sp³-hybridized carbons (Fsp3) is 0.909. The zero-order valence-electron chi connectivity index (χ0n) is 11.5. The zero-order chi connectivity index (χ0) is 14.1. The van der Waals surface area contributed by atoms with Gasteiger partial charge in [-0.1, -0.05) is 13.8 Å². The first kappa shape index (κ1) is 15.2. The van der Waals surface area contributed by atoms with Crippen LogP contribution in [0.5, 0.6) is 0 Å². The van der Waals surface area contributed by atoms with E-state index in [2.05, 4.69) is 0 Å². The first-order valence-electron chi connectivity index (χ1n) is 5.94. The van der Waals surface area contributed by atoms with Crippen LogP contribution in [0.3, 0.4) is 0 Å². The van der Waals surface area contributed by atoms with Crippen LogP contribution >= 0.6 is 0 Å². The van der Waals surface area contributed by atoms with Gasteiger partial charge in [0.1, 0.15) is 5.60 Å². The monoisotopic (exact) mass is 279 g/mol. The molecule has 1 saturated heterocycles. The molecule has 6 nitrogen and oxygen atoms in total. The molecule has 1 aliphatic rings. The smallest absolute Gasteiger partial charge is 0.426 e. The predicted octanol–water partition coefficient (Wildman–Crippen LogP) is 1.91. The fourth-order valence-electron chi connectivity index (χ4n) is 1.73. The highest BCUT2D eigenvalue weighted by molar-refractivity contribution is 7.85. The van der Waals surface area contributed by atoms with E-state index in [4.69, 9.17) is 8.92 Å². The molecule has 0 saturated carbocycles. The summed E-state index contributed by atoms with van der Waals surface area (Å²) >= 11 is 0. The number of carbonyl (C=O) groups excluding carboxylic acids is 1. The first-order chi connectivity index (χ1) is 8.03. The molecule has 1 fully saturated rings. The second kappa shape index (κ2) is 5.05. The Morgan fingerprint density at radius 1 is 1.44 bits per heavy atom. The summed E-state index contributed by atoms with van der Waals surface area (Å²) in [6, 6.07) is -0.482. The second-order valence-corrected chi connectivity index (χ2v) is 7.29. The highest BCUT2D eigenvalue weighted by atomic mass is 32.2. The Kier molecular flexibility index (Phi) is 4.27. The van der Waals surface area contributed by atoms with E-state index in [1.807, 2.05) is 13.8 Å². The molecule has 0 unspecified atom stereocenters. The maximum atomic E-state index is 11.9. The van der Waals surface area contributed by atoms with Crippen LogP contribution in [-0.2, 0) is 19.2 Å². The van der Waals surface area contributed by atoms with Crippen molar-refractivity contribution in [3.05, 3.63) is 0 Å². The summed E-state index contributed by atoms with van der Waals surface area (Å²) in [5, 5.41) is 0. The fourth-order valence-corrected chi connectivity index (χ4v) is 2.90. The standard InChI is InChI=1S/C11H21NO5S/c1-8(2)6-9-7-16-18(14,15)12(9)10(13)17-11(3,4)5/h8-9H,6-7H2,1-5H3/t9-/m1/s1. The van der Waals surface area contributed by atoms with Crippen LogP contribution in [0.25, 0.3) is 0 Å². The number of amides is 1. The molecule has 7 heteroatoms. The van der Waals surface area contributed by atoms with Crippen LogP contribution in [0.15, 0.2) is 0 Å². The third kappa shape index (κ3) is 3.84. The molecule has 0 aromatic heterocycles. The summed E-state index contributed by atoms with van der Waals surface area (Å²) in [5.74, 6) is 0.261. The molecule has 18 heavy (non-hydrogen) atoms. The Hall–Kier alpha value is -0.820. The Morgan fingerprint density at radius 3 is 2.44 bits per heavy atom. The SMILES string of the molecule is CC(C)C[C@@H]1COS(=O)(=O)N1C(=O)OC(C)(C)C. The minimum atomic E-state index is -3.99. The van der Waals surface area contributed by atoms with Crippen molar-refractivity contribution < 1.29 is 22.1 Å². The van der Waals surface area contributed by atoms with Crippen LogP contribution in [-0.4, -0.2) is 37.1 Å². The largest absolute Gasteiger partial charge is 0.443 e. The van der Waals surface area contributed by atoms with Crippen LogP contribution in [0.2, 0.25) is 0 Å². The Morgan fingerprint density at radius 2 is 2.00 bits per heavy atom. The van der Waals surface area contributed by atoms with Gasteiger partial charge in [0, 0.05) is 0 Å². The third-order valence-electron chi connectivity index (χ3n) is 2.30. The normalized spacial score (nSPS) is 23.4. The van der Waals surface area contributed by atoms with Gasteiger partial charge in [-0.2, -0.15) is 12.7 Å². The van der Waals surface area contributed by atoms with E-state index in [1.165, 1.54) is 0 Å². The van der Waals surface area contributed by atoms with Gasteiger partial charge in [0.05, 0.1) is 12.6 Å². The lowest BCUT2D eigenvalue weighted by molar-refractivity contribution is 0.0347. The number of nitrogens with zero attached hydrogens (tertiary/aromatic N) is 1. The first-order valence-corrected chi connectivity index (χ1v) is 7.31. The molecule has 0 spiro atoms. The molecule has 106 valence electrons. The minimum absolute atomic E-state index is 0.000242. The molecule has 1 aliphatic heterocycles. The van der Waals surface area contributed by atoms with Crippen LogP contribution in [0.4, 0.5) is 4.79 Å². The maximum Gasteiger partial charge on any atom is 0.426 e. The average Bonchev–Trinajstić information content (AvgIpc) is 2.36. The Balaban J connectivity index is 2.89. The van der Waals surface area contributed by atoms with Gasteiger partial charge in [-0.05, 0) is 33.1 Å². The van der Waals surface area contributed by atoms with E-state index < -0.39 is 28.0 Å². The van der Waals surface area contributed by atoms with Crippen molar-refractivity contribution >= 4 is 16.4 Å². The molecular weight excluding hydrogens is 258 g/mol. The predicted molar refractivity (Wildman–Crippen MR) is 66.2 cm³/mol. The van der Waals surface area contributed by atoms with Crippen molar-refractivity contribution in [1.82, 2.24) is 4.31 Å². The molecule has 0 bridgehead atoms. The average molecular weight is 279 g/mol. The number of hydrogen-bond acceptors (Lipinski definition) is 5. The number of rotatable bonds is 2. The third-order valence-corrected chi connectivity index (χ3v) is 3.66. The van der Waals surface area contributed by atoms with Gasteiger partial charge in [-0.3, -0.25) is 4.18 Å². The van der Waals surface area contributed by atoms with Gasteiger partial charge in [-0.25, -0.2) is 4.79 Å². The van der Waals surface area contributed by atoms with Crippen LogP contribution in [0.1, 0.15) is 41.0 Å². The summed E-state index contributed by atoms with van der Waals surface area (Å²) < 4.78 is 33.9. The lowest BCUT2D eigenvalue weighted by Gasteiger charge is -2.26. The van der Waals surface area contributed by atoms with Crippen LogP contribution in [0, 0.1) is 5.92 Å². The van der Waals surface area contributed by atoms with E-state index in [9.17, 15) is 13.2 Å². The molecule has 1 atom stereocenters. The highest BCUT2D eigenvalue weighted by Gasteiger charge is 2.44. The van der Waals surface area contributed by atoms with Crippen LogP contribution < -0.4 is 0 Å². The Bertz CT molecular complexity index is 410. The van der Waals surface area contributed by atoms with Gasteiger partial charge in [0.25, 0.3) is 0 Å². The highest BCUT2D eigenvalue weighted by Crippen LogP contribution is 2.26. The molecule has 0 aromatic carbocycles. The topological polar surface area (TPSA) is 72.9 Å². The van der Waals surface area contributed by atoms with Crippen molar-refractivity contribution in [3.8, 4) is 0 Å². The lowest BCUT2D eigenvalue weighted by atomic mass is 10.0. The van der Waals surface area contributed by atoms with Crippen molar-refractivity contribution in [2.75, 3.05) is 6.61 Å². The molecule has 0 radical (unpaired) electrons. The van der Waals surface area contributed by atoms with Crippen molar-refractivity contribution in [2.24, 2.45) is 5.92 Å². The van der Waals surface area contributed by atoms with E-state index in [-0.39, 0.29) is 12.5 Å². The minimum Gasteiger partial charge on any atom is -0.443 e. The lowest BCUT2D eigenvalue weighted by Crippen LogP contribution is -2.43. The molecule has 1 amide bonds. The van der Waals surface area contributed by atoms with Gasteiger partial charge < -0.3 is 4.74 Å². The summed E-state index contributed by atoms with van der Waals surface area (Å²) in [5.41, 5.74) is -0.739. The van der Waals surface area contributed by atoms with E-state index in [1.54, 1.807) is 20.8 Å². The van der Waals surface area contributed by atoms with Crippen molar-refractivity contribution in [1.29, 1.82) is 0 Å². The summed E-state index contributed by atoms with van der Waals surface area (Å²) in [4.78, 5) is 11.9. The zero-order valence-corrected chi connectivity index (χ0v) is 12.3. The molecular formula is C11H21NO5S. The maximum absolute atomic E-state index is 11.9. The number of ether oxygens (including phenoxy) is 1. The van der Waals surface area contributed by atoms with Crippen molar-refractivity contribution in [3.63, 3.8) is 0 Å². The van der Waals surface area contributed by atoms with Crippen molar-refractivity contribution in [2.45, 2.75) is 52.7 Å². The molecule has 1 heterocycles. The van der Waals surface area contributed by atoms with Gasteiger partial charge >= 0.3 is 16.4 Å². The van der Waals surface area contributed by atoms with Gasteiger partial charge in [0.15, 0.2) is 0 Å². The number of hydrogen-bond donors (Lipinski definition) is 0. The summed E-state index contributed by atoms with van der Waals surface area (Å²) in [6.45, 7) is 8.97. The number of carbonyl (C=O) groups is 1. The molecule has 0 aliphatic carbocycles. The molecule has 0 aromatic rings. The van der Waals surface area contributed by atoms with E-state index >= 15 is 0 Å².